The summed E-state index contributed by atoms with van der Waals surface area (Å²) < 4.78 is 34.7. The van der Waals surface area contributed by atoms with Crippen molar-refractivity contribution in [1.29, 1.82) is 0 Å². The molecule has 0 radical (unpaired) electrons. The Balaban J connectivity index is 2.12. The van der Waals surface area contributed by atoms with E-state index in [1.54, 1.807) is 30.5 Å². The average molecular weight is 385 g/mol. The molecule has 3 rings (SSSR count). The summed E-state index contributed by atoms with van der Waals surface area (Å²) in [6, 6.07) is 12.6. The van der Waals surface area contributed by atoms with E-state index >= 15 is 0 Å². The highest BCUT2D eigenvalue weighted by atomic mass is 32.2. The number of anilines is 1. The summed E-state index contributed by atoms with van der Waals surface area (Å²) in [4.78, 5) is 4.46. The highest BCUT2D eigenvalue weighted by Crippen LogP contribution is 2.33. The Morgan fingerprint density at radius 2 is 1.89 bits per heavy atom. The first kappa shape index (κ1) is 19.2. The van der Waals surface area contributed by atoms with E-state index in [1.165, 1.54) is 0 Å². The SMILES string of the molecule is CCOc1cc(C)c(C(C)C)cc1S(=O)(=O)Nc1cccc2cccnc12. The lowest BCUT2D eigenvalue weighted by molar-refractivity contribution is 0.330. The predicted molar refractivity (Wildman–Crippen MR) is 109 cm³/mol. The molecule has 0 saturated carbocycles. The predicted octanol–water partition coefficient (Wildman–Crippen LogP) is 4.87. The van der Waals surface area contributed by atoms with Gasteiger partial charge in [-0.2, -0.15) is 0 Å². The summed E-state index contributed by atoms with van der Waals surface area (Å²) >= 11 is 0. The lowest BCUT2D eigenvalue weighted by Gasteiger charge is -2.18. The van der Waals surface area contributed by atoms with Gasteiger partial charge in [-0.25, -0.2) is 8.42 Å². The first-order valence-electron chi connectivity index (χ1n) is 8.97. The molecular weight excluding hydrogens is 360 g/mol. The Bertz CT molecular complexity index is 1070. The molecule has 3 aromatic rings. The molecule has 142 valence electrons. The first-order valence-corrected chi connectivity index (χ1v) is 10.5. The van der Waals surface area contributed by atoms with Crippen LogP contribution >= 0.6 is 0 Å². The van der Waals surface area contributed by atoms with E-state index in [-0.39, 0.29) is 10.8 Å². The van der Waals surface area contributed by atoms with Gasteiger partial charge < -0.3 is 4.74 Å². The molecule has 0 aliphatic carbocycles. The molecule has 5 nitrogen and oxygen atoms in total. The Morgan fingerprint density at radius 3 is 2.59 bits per heavy atom. The largest absolute Gasteiger partial charge is 0.492 e. The molecule has 0 bridgehead atoms. The van der Waals surface area contributed by atoms with E-state index in [0.717, 1.165) is 16.5 Å². The maximum absolute atomic E-state index is 13.2. The number of sulfonamides is 1. The van der Waals surface area contributed by atoms with Crippen LogP contribution in [-0.2, 0) is 10.0 Å². The van der Waals surface area contributed by atoms with E-state index in [1.807, 2.05) is 45.9 Å². The van der Waals surface area contributed by atoms with Gasteiger partial charge in [-0.1, -0.05) is 32.0 Å². The van der Waals surface area contributed by atoms with Crippen LogP contribution in [0.25, 0.3) is 10.9 Å². The fourth-order valence-corrected chi connectivity index (χ4v) is 4.39. The van der Waals surface area contributed by atoms with E-state index in [4.69, 9.17) is 4.74 Å². The van der Waals surface area contributed by atoms with E-state index in [9.17, 15) is 8.42 Å². The molecule has 0 atom stereocenters. The lowest BCUT2D eigenvalue weighted by Crippen LogP contribution is -2.16. The zero-order chi connectivity index (χ0) is 19.6. The number of nitrogens with one attached hydrogen (secondary N) is 1. The molecule has 0 unspecified atom stereocenters. The number of hydrogen-bond donors (Lipinski definition) is 1. The number of hydrogen-bond acceptors (Lipinski definition) is 4. The fraction of sp³-hybridized carbons (Fsp3) is 0.286. The molecule has 0 aliphatic heterocycles. The van der Waals surface area contributed by atoms with Crippen molar-refractivity contribution in [3.05, 3.63) is 59.8 Å². The highest BCUT2D eigenvalue weighted by Gasteiger charge is 2.23. The topological polar surface area (TPSA) is 68.3 Å². The maximum atomic E-state index is 13.2. The number of rotatable bonds is 6. The second-order valence-corrected chi connectivity index (χ2v) is 8.38. The van der Waals surface area contributed by atoms with Gasteiger partial charge in [0.25, 0.3) is 10.0 Å². The molecule has 0 aliphatic rings. The van der Waals surface area contributed by atoms with Gasteiger partial charge in [-0.05, 0) is 55.2 Å². The fourth-order valence-electron chi connectivity index (χ4n) is 3.16. The Kier molecular flexibility index (Phi) is 5.37. The summed E-state index contributed by atoms with van der Waals surface area (Å²) in [7, 11) is -3.85. The molecule has 27 heavy (non-hydrogen) atoms. The maximum Gasteiger partial charge on any atom is 0.265 e. The minimum absolute atomic E-state index is 0.145. The van der Waals surface area contributed by atoms with Crippen LogP contribution in [-0.4, -0.2) is 20.0 Å². The number of ether oxygens (including phenoxy) is 1. The van der Waals surface area contributed by atoms with Gasteiger partial charge in [0, 0.05) is 11.6 Å². The average Bonchev–Trinajstić information content (AvgIpc) is 2.61. The molecule has 0 amide bonds. The van der Waals surface area contributed by atoms with Gasteiger partial charge in [0.1, 0.15) is 10.6 Å². The van der Waals surface area contributed by atoms with Crippen molar-refractivity contribution < 1.29 is 13.2 Å². The third kappa shape index (κ3) is 3.90. The minimum atomic E-state index is -3.85. The number of fused-ring (bicyclic) bond motifs is 1. The van der Waals surface area contributed by atoms with Crippen LogP contribution in [0, 0.1) is 6.92 Å². The molecule has 0 saturated heterocycles. The Labute approximate surface area is 160 Å². The quantitative estimate of drug-likeness (QED) is 0.658. The van der Waals surface area contributed by atoms with Gasteiger partial charge >= 0.3 is 0 Å². The van der Waals surface area contributed by atoms with Crippen LogP contribution in [0.2, 0.25) is 0 Å². The lowest BCUT2D eigenvalue weighted by atomic mass is 9.98. The smallest absolute Gasteiger partial charge is 0.265 e. The number of pyridine rings is 1. The third-order valence-electron chi connectivity index (χ3n) is 4.42. The molecule has 0 fully saturated rings. The molecule has 1 heterocycles. The van der Waals surface area contributed by atoms with Crippen molar-refractivity contribution in [2.45, 2.75) is 38.5 Å². The van der Waals surface area contributed by atoms with Crippen LogP contribution in [0.4, 0.5) is 5.69 Å². The van der Waals surface area contributed by atoms with Crippen molar-refractivity contribution in [2.75, 3.05) is 11.3 Å². The Morgan fingerprint density at radius 1 is 1.15 bits per heavy atom. The van der Waals surface area contributed by atoms with E-state index < -0.39 is 10.0 Å². The van der Waals surface area contributed by atoms with Gasteiger partial charge in [-0.15, -0.1) is 0 Å². The second kappa shape index (κ2) is 7.56. The first-order chi connectivity index (χ1) is 12.8. The van der Waals surface area contributed by atoms with Crippen LogP contribution in [0.5, 0.6) is 5.75 Å². The van der Waals surface area contributed by atoms with Crippen molar-refractivity contribution in [2.24, 2.45) is 0 Å². The van der Waals surface area contributed by atoms with Crippen LogP contribution in [0.15, 0.2) is 53.6 Å². The standard InChI is InChI=1S/C21H24N2O3S/c1-5-26-19-12-15(4)17(14(2)3)13-20(19)27(24,25)23-18-10-6-8-16-9-7-11-22-21(16)18/h6-14,23H,5H2,1-4H3. The summed E-state index contributed by atoms with van der Waals surface area (Å²) in [5.41, 5.74) is 3.05. The molecular formula is C21H24N2O3S. The van der Waals surface area contributed by atoms with Gasteiger partial charge in [0.05, 0.1) is 17.8 Å². The van der Waals surface area contributed by atoms with Crippen LogP contribution in [0.1, 0.15) is 37.8 Å². The highest BCUT2D eigenvalue weighted by molar-refractivity contribution is 7.92. The molecule has 6 heteroatoms. The van der Waals surface area contributed by atoms with Crippen LogP contribution in [0.3, 0.4) is 0 Å². The monoisotopic (exact) mass is 384 g/mol. The zero-order valence-corrected chi connectivity index (χ0v) is 16.8. The number of aryl methyl sites for hydroxylation is 1. The van der Waals surface area contributed by atoms with Crippen molar-refractivity contribution >= 4 is 26.6 Å². The van der Waals surface area contributed by atoms with E-state index in [0.29, 0.717) is 23.6 Å². The molecule has 1 aromatic heterocycles. The van der Waals surface area contributed by atoms with Crippen molar-refractivity contribution in [3.63, 3.8) is 0 Å². The van der Waals surface area contributed by atoms with Crippen LogP contribution < -0.4 is 9.46 Å². The number of para-hydroxylation sites is 1. The molecule has 2 aromatic carbocycles. The zero-order valence-electron chi connectivity index (χ0n) is 16.0. The third-order valence-corrected chi connectivity index (χ3v) is 5.81. The molecule has 0 spiro atoms. The van der Waals surface area contributed by atoms with E-state index in [2.05, 4.69) is 9.71 Å². The summed E-state index contributed by atoms with van der Waals surface area (Å²) in [5, 5.41) is 0.870. The van der Waals surface area contributed by atoms with Gasteiger partial charge in [0.2, 0.25) is 0 Å². The number of benzene rings is 2. The second-order valence-electron chi connectivity index (χ2n) is 6.73. The number of nitrogens with zero attached hydrogens (tertiary/aromatic N) is 1. The minimum Gasteiger partial charge on any atom is -0.492 e. The van der Waals surface area contributed by atoms with Gasteiger partial charge in [0.15, 0.2) is 0 Å². The van der Waals surface area contributed by atoms with Crippen molar-refractivity contribution in [1.82, 2.24) is 4.98 Å². The number of aromatic nitrogens is 1. The molecule has 1 N–H and O–H groups in total. The normalized spacial score (nSPS) is 11.7. The Hall–Kier alpha value is -2.60. The summed E-state index contributed by atoms with van der Waals surface area (Å²) in [5.74, 6) is 0.564. The summed E-state index contributed by atoms with van der Waals surface area (Å²) in [6.45, 7) is 8.28. The summed E-state index contributed by atoms with van der Waals surface area (Å²) in [6.07, 6.45) is 1.65. The van der Waals surface area contributed by atoms with Gasteiger partial charge in [-0.3, -0.25) is 9.71 Å². The van der Waals surface area contributed by atoms with Crippen molar-refractivity contribution in [3.8, 4) is 5.75 Å².